The van der Waals surface area contributed by atoms with Crippen molar-refractivity contribution in [2.24, 2.45) is 0 Å². The minimum Gasteiger partial charge on any atom is -0.486 e. The SMILES string of the molecule is COCCOCOc1ccc2c(=O)c(-c3cc4c(cc3OCOCCOC)OC3(CCOCC3)CC4=O)coc2c1. The van der Waals surface area contributed by atoms with Crippen LogP contribution in [0.15, 0.2) is 45.8 Å². The van der Waals surface area contributed by atoms with Gasteiger partial charge in [-0.2, -0.15) is 0 Å². The molecular weight excluding hydrogens is 536 g/mol. The molecule has 3 heterocycles. The van der Waals surface area contributed by atoms with E-state index in [1.807, 2.05) is 0 Å². The van der Waals surface area contributed by atoms with Gasteiger partial charge in [0.05, 0.1) is 62.6 Å². The van der Waals surface area contributed by atoms with Crippen molar-refractivity contribution >= 4 is 16.8 Å². The Labute approximate surface area is 237 Å². The summed E-state index contributed by atoms with van der Waals surface area (Å²) in [4.78, 5) is 27.0. The Morgan fingerprint density at radius 1 is 0.829 bits per heavy atom. The number of rotatable bonds is 13. The highest BCUT2D eigenvalue weighted by atomic mass is 16.7. The zero-order valence-corrected chi connectivity index (χ0v) is 23.2. The normalized spacial score (nSPS) is 16.0. The lowest BCUT2D eigenvalue weighted by atomic mass is 9.83. The molecule has 1 spiro atoms. The molecule has 0 amide bonds. The second-order valence-electron chi connectivity index (χ2n) is 9.80. The Balaban J connectivity index is 1.46. The van der Waals surface area contributed by atoms with Gasteiger partial charge in [0.1, 0.15) is 34.7 Å². The second kappa shape index (κ2) is 13.5. The molecule has 11 nitrogen and oxygen atoms in total. The van der Waals surface area contributed by atoms with Gasteiger partial charge in [0, 0.05) is 44.8 Å². The number of hydrogen-bond acceptors (Lipinski definition) is 11. The summed E-state index contributed by atoms with van der Waals surface area (Å²) in [6.45, 7) is 2.59. The summed E-state index contributed by atoms with van der Waals surface area (Å²) >= 11 is 0. The van der Waals surface area contributed by atoms with Crippen LogP contribution < -0.4 is 19.6 Å². The number of carbonyl (C=O) groups excluding carboxylic acids is 1. The first-order valence-corrected chi connectivity index (χ1v) is 13.5. The number of methoxy groups -OCH3 is 2. The number of ketones is 1. The lowest BCUT2D eigenvalue weighted by Crippen LogP contribution is -2.46. The van der Waals surface area contributed by atoms with Gasteiger partial charge in [0.2, 0.25) is 5.43 Å². The zero-order chi connectivity index (χ0) is 28.7. The van der Waals surface area contributed by atoms with Crippen LogP contribution in [0.4, 0.5) is 0 Å². The van der Waals surface area contributed by atoms with Crippen molar-refractivity contribution in [2.45, 2.75) is 24.9 Å². The van der Waals surface area contributed by atoms with E-state index in [2.05, 4.69) is 0 Å². The molecule has 3 aromatic rings. The minimum atomic E-state index is -0.605. The fraction of sp³-hybridized carbons (Fsp3) is 0.467. The molecule has 5 rings (SSSR count). The van der Waals surface area contributed by atoms with Crippen molar-refractivity contribution in [3.63, 3.8) is 0 Å². The highest BCUT2D eigenvalue weighted by Crippen LogP contribution is 2.44. The van der Waals surface area contributed by atoms with E-state index in [-0.39, 0.29) is 36.8 Å². The van der Waals surface area contributed by atoms with Crippen molar-refractivity contribution in [3.8, 4) is 28.4 Å². The molecule has 0 saturated carbocycles. The second-order valence-corrected chi connectivity index (χ2v) is 9.80. The molecule has 0 aliphatic carbocycles. The van der Waals surface area contributed by atoms with Gasteiger partial charge < -0.3 is 42.3 Å². The van der Waals surface area contributed by atoms with Crippen LogP contribution in [-0.4, -0.2) is 78.8 Å². The molecule has 1 aromatic heterocycles. The Morgan fingerprint density at radius 3 is 2.29 bits per heavy atom. The van der Waals surface area contributed by atoms with E-state index in [1.54, 1.807) is 44.6 Å². The molecule has 41 heavy (non-hydrogen) atoms. The van der Waals surface area contributed by atoms with Gasteiger partial charge in [-0.3, -0.25) is 9.59 Å². The van der Waals surface area contributed by atoms with Crippen molar-refractivity contribution in [1.82, 2.24) is 0 Å². The van der Waals surface area contributed by atoms with E-state index in [4.69, 9.17) is 42.3 Å². The topological polar surface area (TPSA) is 121 Å². The van der Waals surface area contributed by atoms with Crippen molar-refractivity contribution in [2.75, 3.05) is 67.4 Å². The number of benzene rings is 2. The molecule has 220 valence electrons. The third-order valence-corrected chi connectivity index (χ3v) is 7.10. The van der Waals surface area contributed by atoms with Gasteiger partial charge in [-0.05, 0) is 18.2 Å². The fourth-order valence-corrected chi connectivity index (χ4v) is 4.87. The number of carbonyl (C=O) groups is 1. The first-order chi connectivity index (χ1) is 20.0. The summed E-state index contributed by atoms with van der Waals surface area (Å²) in [5, 5.41) is 0.346. The summed E-state index contributed by atoms with van der Waals surface area (Å²) in [5.74, 6) is 1.18. The molecule has 1 fully saturated rings. The smallest absolute Gasteiger partial charge is 0.200 e. The van der Waals surface area contributed by atoms with E-state index < -0.39 is 5.60 Å². The van der Waals surface area contributed by atoms with Crippen LogP contribution in [0.25, 0.3) is 22.1 Å². The highest BCUT2D eigenvalue weighted by molar-refractivity contribution is 6.02. The van der Waals surface area contributed by atoms with Crippen LogP contribution in [-0.2, 0) is 23.7 Å². The maximum atomic E-state index is 13.7. The maximum Gasteiger partial charge on any atom is 0.200 e. The van der Waals surface area contributed by atoms with Gasteiger partial charge >= 0.3 is 0 Å². The number of hydrogen-bond donors (Lipinski definition) is 0. The van der Waals surface area contributed by atoms with E-state index >= 15 is 0 Å². The van der Waals surface area contributed by atoms with Crippen LogP contribution in [0.3, 0.4) is 0 Å². The largest absolute Gasteiger partial charge is 0.486 e. The van der Waals surface area contributed by atoms with Crippen molar-refractivity contribution < 1.29 is 47.1 Å². The van der Waals surface area contributed by atoms with Crippen LogP contribution in [0, 0.1) is 0 Å². The molecule has 2 aliphatic heterocycles. The van der Waals surface area contributed by atoms with Crippen LogP contribution in [0.5, 0.6) is 17.2 Å². The summed E-state index contributed by atoms with van der Waals surface area (Å²) in [6.07, 6.45) is 2.84. The number of fused-ring (bicyclic) bond motifs is 2. The fourth-order valence-electron chi connectivity index (χ4n) is 4.87. The Morgan fingerprint density at radius 2 is 1.56 bits per heavy atom. The number of Topliss-reactive ketones (excluding diaryl/α,β-unsaturated/α-hetero) is 1. The zero-order valence-electron chi connectivity index (χ0n) is 23.2. The van der Waals surface area contributed by atoms with Crippen molar-refractivity contribution in [3.05, 3.63) is 52.4 Å². The molecular formula is C30H34O11. The Kier molecular flexibility index (Phi) is 9.53. The maximum absolute atomic E-state index is 13.7. The van der Waals surface area contributed by atoms with Gasteiger partial charge in [-0.25, -0.2) is 0 Å². The van der Waals surface area contributed by atoms with Gasteiger partial charge in [-0.15, -0.1) is 0 Å². The van der Waals surface area contributed by atoms with E-state index in [0.29, 0.717) is 91.8 Å². The summed E-state index contributed by atoms with van der Waals surface area (Å²) in [6, 6.07) is 8.22. The van der Waals surface area contributed by atoms with E-state index in [9.17, 15) is 9.59 Å². The molecule has 11 heteroatoms. The lowest BCUT2D eigenvalue weighted by molar-refractivity contribution is -0.0507. The highest BCUT2D eigenvalue weighted by Gasteiger charge is 2.42. The predicted octanol–water partition coefficient (Wildman–Crippen LogP) is 3.97. The molecule has 1 saturated heterocycles. The van der Waals surface area contributed by atoms with Crippen LogP contribution in [0.2, 0.25) is 0 Å². The molecule has 0 atom stereocenters. The summed E-state index contributed by atoms with van der Waals surface area (Å²) in [5.41, 5.74) is 0.486. The third-order valence-electron chi connectivity index (χ3n) is 7.10. The summed E-state index contributed by atoms with van der Waals surface area (Å²) < 4.78 is 50.1. The first kappa shape index (κ1) is 29.0. The third kappa shape index (κ3) is 6.71. The van der Waals surface area contributed by atoms with Gasteiger partial charge in [-0.1, -0.05) is 0 Å². The molecule has 2 aliphatic rings. The molecule has 0 N–H and O–H groups in total. The van der Waals surface area contributed by atoms with Crippen LogP contribution >= 0.6 is 0 Å². The average molecular weight is 571 g/mol. The van der Waals surface area contributed by atoms with Gasteiger partial charge in [0.15, 0.2) is 19.4 Å². The van der Waals surface area contributed by atoms with E-state index in [0.717, 1.165) is 0 Å². The monoisotopic (exact) mass is 570 g/mol. The molecule has 2 aromatic carbocycles. The lowest BCUT2D eigenvalue weighted by Gasteiger charge is -2.40. The standard InChI is InChI=1S/C30H34O11/c1-33-9-11-36-18-39-20-3-4-21-26(13-20)38-17-24(29(21)32)22-14-23-25(31)16-30(5-7-35-8-6-30)41-28(23)15-27(22)40-19-37-12-10-34-2/h3-4,13-15,17H,5-12,16,18-19H2,1-2H3. The molecule has 0 unspecified atom stereocenters. The molecule has 0 bridgehead atoms. The van der Waals surface area contributed by atoms with Gasteiger partial charge in [0.25, 0.3) is 0 Å². The van der Waals surface area contributed by atoms with Crippen molar-refractivity contribution in [1.29, 1.82) is 0 Å². The summed E-state index contributed by atoms with van der Waals surface area (Å²) in [7, 11) is 3.17. The molecule has 0 radical (unpaired) electrons. The van der Waals surface area contributed by atoms with Crippen LogP contribution in [0.1, 0.15) is 29.6 Å². The Hall–Kier alpha value is -3.48. The minimum absolute atomic E-state index is 0.0316. The average Bonchev–Trinajstić information content (AvgIpc) is 2.97. The predicted molar refractivity (Wildman–Crippen MR) is 147 cm³/mol. The number of ether oxygens (including phenoxy) is 8. The quantitative estimate of drug-likeness (QED) is 0.219. The first-order valence-electron chi connectivity index (χ1n) is 13.5. The van der Waals surface area contributed by atoms with E-state index in [1.165, 1.54) is 6.26 Å². The Bertz CT molecular complexity index is 1410.